The number of amides is 1. The number of nitrogens with zero attached hydrogens (tertiary/aromatic N) is 1. The number of carbonyl (C=O) groups is 1. The van der Waals surface area contributed by atoms with Gasteiger partial charge >= 0.3 is 0 Å². The second kappa shape index (κ2) is 6.45. The van der Waals surface area contributed by atoms with Crippen molar-refractivity contribution >= 4 is 22.9 Å². The van der Waals surface area contributed by atoms with Crippen LogP contribution in [-0.4, -0.2) is 17.2 Å². The van der Waals surface area contributed by atoms with Crippen LogP contribution in [0.25, 0.3) is 10.8 Å². The van der Waals surface area contributed by atoms with Crippen molar-refractivity contribution in [3.63, 3.8) is 0 Å². The Morgan fingerprint density at radius 1 is 1.00 bits per heavy atom. The standard InChI is InChI=1S/C18H12F2N2O2/c19-14-5-11(6-15(20)9-14)10-21-22-18(24)16-7-12-3-1-2-4-13(12)8-17(16)23/h1-10,23H,(H,22,24)/b21-10+. The second-order valence-corrected chi connectivity index (χ2v) is 5.12. The average molecular weight is 326 g/mol. The summed E-state index contributed by atoms with van der Waals surface area (Å²) in [7, 11) is 0. The van der Waals surface area contributed by atoms with Gasteiger partial charge in [-0.1, -0.05) is 24.3 Å². The summed E-state index contributed by atoms with van der Waals surface area (Å²) in [6, 6.07) is 13.2. The van der Waals surface area contributed by atoms with Gasteiger partial charge in [-0.05, 0) is 35.0 Å². The van der Waals surface area contributed by atoms with E-state index in [1.54, 1.807) is 0 Å². The van der Waals surface area contributed by atoms with Crippen LogP contribution >= 0.6 is 0 Å². The molecular weight excluding hydrogens is 314 g/mol. The third-order valence-corrected chi connectivity index (χ3v) is 3.37. The summed E-state index contributed by atoms with van der Waals surface area (Å²) in [6.07, 6.45) is 1.11. The highest BCUT2D eigenvalue weighted by molar-refractivity contribution is 6.01. The summed E-state index contributed by atoms with van der Waals surface area (Å²) in [5.74, 6) is -2.30. The normalized spacial score (nSPS) is 11.1. The maximum atomic E-state index is 13.1. The number of aromatic hydroxyl groups is 1. The number of nitrogens with one attached hydrogen (secondary N) is 1. The zero-order chi connectivity index (χ0) is 17.1. The van der Waals surface area contributed by atoms with Crippen LogP contribution in [0.1, 0.15) is 15.9 Å². The molecule has 0 unspecified atom stereocenters. The van der Waals surface area contributed by atoms with E-state index in [-0.39, 0.29) is 16.9 Å². The second-order valence-electron chi connectivity index (χ2n) is 5.12. The molecular formula is C18H12F2N2O2. The lowest BCUT2D eigenvalue weighted by atomic mass is 10.1. The predicted octanol–water partition coefficient (Wildman–Crippen LogP) is 3.59. The van der Waals surface area contributed by atoms with Crippen LogP contribution < -0.4 is 5.43 Å². The molecule has 0 aromatic heterocycles. The van der Waals surface area contributed by atoms with Gasteiger partial charge in [0.05, 0.1) is 11.8 Å². The van der Waals surface area contributed by atoms with Crippen molar-refractivity contribution in [2.75, 3.05) is 0 Å². The molecule has 0 aliphatic heterocycles. The first kappa shape index (κ1) is 15.6. The minimum atomic E-state index is -0.741. The van der Waals surface area contributed by atoms with E-state index in [4.69, 9.17) is 0 Å². The van der Waals surface area contributed by atoms with Gasteiger partial charge in [0.1, 0.15) is 17.4 Å². The first-order valence-corrected chi connectivity index (χ1v) is 7.04. The van der Waals surface area contributed by atoms with Crippen molar-refractivity contribution in [3.05, 3.63) is 77.4 Å². The van der Waals surface area contributed by atoms with Gasteiger partial charge < -0.3 is 5.11 Å². The topological polar surface area (TPSA) is 61.7 Å². The molecule has 4 nitrogen and oxygen atoms in total. The molecule has 0 atom stereocenters. The number of phenolic OH excluding ortho intramolecular Hbond substituents is 1. The summed E-state index contributed by atoms with van der Waals surface area (Å²) in [5.41, 5.74) is 2.43. The molecule has 3 aromatic rings. The lowest BCUT2D eigenvalue weighted by molar-refractivity contribution is 0.0952. The van der Waals surface area contributed by atoms with Gasteiger partial charge in [0.15, 0.2) is 0 Å². The fourth-order valence-electron chi connectivity index (χ4n) is 2.29. The Kier molecular flexibility index (Phi) is 4.20. The number of benzene rings is 3. The number of hydrogen-bond acceptors (Lipinski definition) is 3. The van der Waals surface area contributed by atoms with Crippen LogP contribution in [-0.2, 0) is 0 Å². The van der Waals surface area contributed by atoms with Gasteiger partial charge in [-0.3, -0.25) is 4.79 Å². The van der Waals surface area contributed by atoms with Crippen LogP contribution in [0.4, 0.5) is 8.78 Å². The first-order valence-electron chi connectivity index (χ1n) is 7.04. The van der Waals surface area contributed by atoms with Crippen molar-refractivity contribution in [1.82, 2.24) is 5.43 Å². The van der Waals surface area contributed by atoms with E-state index in [9.17, 15) is 18.7 Å². The van der Waals surface area contributed by atoms with Crippen LogP contribution in [0.3, 0.4) is 0 Å². The molecule has 0 aliphatic rings. The van der Waals surface area contributed by atoms with E-state index in [0.717, 1.165) is 35.2 Å². The lowest BCUT2D eigenvalue weighted by Crippen LogP contribution is -2.17. The third kappa shape index (κ3) is 3.38. The summed E-state index contributed by atoms with van der Waals surface area (Å²) in [6.45, 7) is 0. The molecule has 0 saturated heterocycles. The van der Waals surface area contributed by atoms with Crippen molar-refractivity contribution in [1.29, 1.82) is 0 Å². The molecule has 2 N–H and O–H groups in total. The average Bonchev–Trinajstić information content (AvgIpc) is 2.53. The van der Waals surface area contributed by atoms with Crippen LogP contribution in [0.5, 0.6) is 5.75 Å². The Morgan fingerprint density at radius 3 is 2.29 bits per heavy atom. The van der Waals surface area contributed by atoms with E-state index in [1.165, 1.54) is 12.1 Å². The molecule has 0 saturated carbocycles. The molecule has 3 rings (SSSR count). The van der Waals surface area contributed by atoms with Gasteiger partial charge in [-0.2, -0.15) is 5.10 Å². The third-order valence-electron chi connectivity index (χ3n) is 3.37. The van der Waals surface area contributed by atoms with Gasteiger partial charge in [-0.25, -0.2) is 14.2 Å². The molecule has 0 bridgehead atoms. The smallest absolute Gasteiger partial charge is 0.275 e. The highest BCUT2D eigenvalue weighted by Crippen LogP contribution is 2.24. The summed E-state index contributed by atoms with van der Waals surface area (Å²) >= 11 is 0. The Hall–Kier alpha value is -3.28. The van der Waals surface area contributed by atoms with Crippen molar-refractivity contribution < 1.29 is 18.7 Å². The fraction of sp³-hybridized carbons (Fsp3) is 0. The number of halogens is 2. The highest BCUT2D eigenvalue weighted by Gasteiger charge is 2.11. The zero-order valence-corrected chi connectivity index (χ0v) is 12.3. The van der Waals surface area contributed by atoms with Crippen molar-refractivity contribution in [2.45, 2.75) is 0 Å². The molecule has 0 fully saturated rings. The maximum Gasteiger partial charge on any atom is 0.275 e. The number of carbonyl (C=O) groups excluding carboxylic acids is 1. The number of fused-ring (bicyclic) bond motifs is 1. The molecule has 0 radical (unpaired) electrons. The molecule has 0 spiro atoms. The van der Waals surface area contributed by atoms with Gasteiger partial charge in [-0.15, -0.1) is 0 Å². The van der Waals surface area contributed by atoms with Gasteiger partial charge in [0.25, 0.3) is 5.91 Å². The Balaban J connectivity index is 1.79. The highest BCUT2D eigenvalue weighted by atomic mass is 19.1. The fourth-order valence-corrected chi connectivity index (χ4v) is 2.29. The summed E-state index contributed by atoms with van der Waals surface area (Å²) < 4.78 is 26.1. The maximum absolute atomic E-state index is 13.1. The Morgan fingerprint density at radius 2 is 1.62 bits per heavy atom. The first-order chi connectivity index (χ1) is 11.5. The predicted molar refractivity (Wildman–Crippen MR) is 87.0 cm³/mol. The number of rotatable bonds is 3. The van der Waals surface area contributed by atoms with Crippen LogP contribution in [0.15, 0.2) is 59.7 Å². The molecule has 6 heteroatoms. The monoisotopic (exact) mass is 326 g/mol. The quantitative estimate of drug-likeness (QED) is 0.571. The molecule has 0 heterocycles. The molecule has 120 valence electrons. The minimum absolute atomic E-state index is 0.0521. The summed E-state index contributed by atoms with van der Waals surface area (Å²) in [4.78, 5) is 12.1. The van der Waals surface area contributed by atoms with E-state index >= 15 is 0 Å². The Labute approximate surface area is 136 Å². The summed E-state index contributed by atoms with van der Waals surface area (Å²) in [5, 5.41) is 15.2. The number of phenols is 1. The van der Waals surface area contributed by atoms with E-state index in [1.807, 2.05) is 24.3 Å². The minimum Gasteiger partial charge on any atom is -0.507 e. The molecule has 0 aliphatic carbocycles. The zero-order valence-electron chi connectivity index (χ0n) is 12.3. The molecule has 3 aromatic carbocycles. The SMILES string of the molecule is O=C(N/N=C/c1cc(F)cc(F)c1)c1cc2ccccc2cc1O. The van der Waals surface area contributed by atoms with Crippen LogP contribution in [0, 0.1) is 11.6 Å². The van der Waals surface area contributed by atoms with E-state index in [0.29, 0.717) is 0 Å². The van der Waals surface area contributed by atoms with Crippen LogP contribution in [0.2, 0.25) is 0 Å². The number of hydrazone groups is 1. The van der Waals surface area contributed by atoms with Gasteiger partial charge in [0.2, 0.25) is 0 Å². The molecule has 24 heavy (non-hydrogen) atoms. The lowest BCUT2D eigenvalue weighted by Gasteiger charge is -2.05. The number of hydrogen-bond donors (Lipinski definition) is 2. The van der Waals surface area contributed by atoms with Crippen molar-refractivity contribution in [2.24, 2.45) is 5.10 Å². The van der Waals surface area contributed by atoms with E-state index in [2.05, 4.69) is 10.5 Å². The van der Waals surface area contributed by atoms with Gasteiger partial charge in [0, 0.05) is 11.6 Å². The van der Waals surface area contributed by atoms with Crippen molar-refractivity contribution in [3.8, 4) is 5.75 Å². The Bertz CT molecular complexity index is 935. The largest absolute Gasteiger partial charge is 0.507 e. The van der Waals surface area contributed by atoms with E-state index < -0.39 is 17.5 Å². The molecule has 1 amide bonds.